The van der Waals surface area contributed by atoms with Crippen molar-refractivity contribution in [3.05, 3.63) is 28.7 Å². The Balaban J connectivity index is 2.04. The minimum atomic E-state index is -0.0541. The van der Waals surface area contributed by atoms with Gasteiger partial charge < -0.3 is 14.6 Å². The molecule has 1 fully saturated rings. The van der Waals surface area contributed by atoms with Gasteiger partial charge in [0.05, 0.1) is 5.69 Å². The molecule has 0 atom stereocenters. The van der Waals surface area contributed by atoms with Crippen molar-refractivity contribution in [1.29, 1.82) is 0 Å². The molecule has 2 heterocycles. The summed E-state index contributed by atoms with van der Waals surface area (Å²) in [6.45, 7) is 3.78. The number of rotatable bonds is 3. The topological polar surface area (TPSA) is 60.3 Å². The molecule has 5 nitrogen and oxygen atoms in total. The van der Waals surface area contributed by atoms with E-state index in [1.54, 1.807) is 16.8 Å². The lowest BCUT2D eigenvalue weighted by molar-refractivity contribution is -0.122. The normalized spacial score (nSPS) is 16.5. The van der Waals surface area contributed by atoms with Crippen molar-refractivity contribution < 1.29 is 9.53 Å². The number of carbonyl (C=O) groups excluding carboxylic acids is 1. The molecule has 98 valence electrons. The van der Waals surface area contributed by atoms with Crippen LogP contribution in [0.2, 0.25) is 0 Å². The molecule has 1 saturated heterocycles. The molecule has 18 heavy (non-hydrogen) atoms. The second-order valence-electron chi connectivity index (χ2n) is 4.42. The third-order valence-corrected chi connectivity index (χ3v) is 3.18. The maximum Gasteiger partial charge on any atom is 0.250 e. The van der Waals surface area contributed by atoms with Crippen molar-refractivity contribution in [2.24, 2.45) is 5.92 Å². The highest BCUT2D eigenvalue weighted by Gasteiger charge is 2.21. The summed E-state index contributed by atoms with van der Waals surface area (Å²) < 4.78 is 6.80. The van der Waals surface area contributed by atoms with Gasteiger partial charge in [-0.2, -0.15) is 0 Å². The van der Waals surface area contributed by atoms with Gasteiger partial charge >= 0.3 is 0 Å². The van der Waals surface area contributed by atoms with Gasteiger partial charge in [0.1, 0.15) is 0 Å². The summed E-state index contributed by atoms with van der Waals surface area (Å²) in [6, 6.07) is 3.12. The summed E-state index contributed by atoms with van der Waals surface area (Å²) in [5.41, 5.74) is 0.620. The van der Waals surface area contributed by atoms with Crippen LogP contribution in [0.3, 0.4) is 0 Å². The summed E-state index contributed by atoms with van der Waals surface area (Å²) in [6.07, 6.45) is 3.21. The lowest BCUT2D eigenvalue weighted by Gasteiger charge is -2.21. The molecule has 1 amide bonds. The molecule has 0 bridgehead atoms. The van der Waals surface area contributed by atoms with Crippen molar-refractivity contribution >= 4 is 11.6 Å². The Morgan fingerprint density at radius 2 is 2.17 bits per heavy atom. The van der Waals surface area contributed by atoms with Crippen LogP contribution in [0.25, 0.3) is 0 Å². The Kier molecular flexibility index (Phi) is 4.15. The summed E-state index contributed by atoms with van der Waals surface area (Å²) in [5.74, 6) is 0.0281. The van der Waals surface area contributed by atoms with Crippen LogP contribution in [0.4, 0.5) is 5.69 Å². The van der Waals surface area contributed by atoms with Crippen molar-refractivity contribution in [2.45, 2.75) is 26.3 Å². The number of aryl methyl sites for hydroxylation is 1. The van der Waals surface area contributed by atoms with E-state index in [4.69, 9.17) is 4.74 Å². The number of nitrogens with one attached hydrogen (secondary N) is 1. The van der Waals surface area contributed by atoms with Gasteiger partial charge in [-0.15, -0.1) is 0 Å². The van der Waals surface area contributed by atoms with Gasteiger partial charge in [0.2, 0.25) is 5.91 Å². The number of anilines is 1. The summed E-state index contributed by atoms with van der Waals surface area (Å²) >= 11 is 0. The van der Waals surface area contributed by atoms with Gasteiger partial charge in [0, 0.05) is 37.9 Å². The first kappa shape index (κ1) is 12.8. The van der Waals surface area contributed by atoms with Gasteiger partial charge in [-0.05, 0) is 25.8 Å². The number of ether oxygens (including phenoxy) is 1. The van der Waals surface area contributed by atoms with Crippen LogP contribution < -0.4 is 10.9 Å². The lowest BCUT2D eigenvalue weighted by Crippen LogP contribution is -2.29. The Hall–Kier alpha value is -1.62. The number of aromatic nitrogens is 1. The van der Waals surface area contributed by atoms with Crippen molar-refractivity contribution in [2.75, 3.05) is 18.5 Å². The highest BCUT2D eigenvalue weighted by Crippen LogP contribution is 2.17. The van der Waals surface area contributed by atoms with E-state index in [0.29, 0.717) is 25.4 Å². The highest BCUT2D eigenvalue weighted by atomic mass is 16.5. The standard InChI is InChI=1S/C13H18N2O3/c1-2-15-9-11(3-4-12(15)16)14-13(17)10-5-7-18-8-6-10/h3-4,9-10H,2,5-8H2,1H3,(H,14,17). The van der Waals surface area contributed by atoms with E-state index < -0.39 is 0 Å². The highest BCUT2D eigenvalue weighted by molar-refractivity contribution is 5.92. The van der Waals surface area contributed by atoms with Crippen molar-refractivity contribution in [3.63, 3.8) is 0 Å². The fourth-order valence-electron chi connectivity index (χ4n) is 2.06. The molecule has 1 aliphatic rings. The van der Waals surface area contributed by atoms with Gasteiger partial charge in [-0.25, -0.2) is 0 Å². The van der Waals surface area contributed by atoms with Crippen LogP contribution >= 0.6 is 0 Å². The van der Waals surface area contributed by atoms with Crippen LogP contribution in [0.15, 0.2) is 23.1 Å². The first-order valence-electron chi connectivity index (χ1n) is 6.30. The van der Waals surface area contributed by atoms with E-state index in [-0.39, 0.29) is 17.4 Å². The first-order chi connectivity index (χ1) is 8.70. The van der Waals surface area contributed by atoms with Crippen LogP contribution in [0, 0.1) is 5.92 Å². The average Bonchev–Trinajstić information content (AvgIpc) is 2.42. The zero-order valence-electron chi connectivity index (χ0n) is 10.5. The van der Waals surface area contributed by atoms with Crippen molar-refractivity contribution in [1.82, 2.24) is 4.57 Å². The quantitative estimate of drug-likeness (QED) is 0.877. The molecule has 5 heteroatoms. The first-order valence-corrected chi connectivity index (χ1v) is 6.30. The molecule has 0 aromatic carbocycles. The molecular weight excluding hydrogens is 232 g/mol. The summed E-state index contributed by atoms with van der Waals surface area (Å²) in [4.78, 5) is 23.4. The Morgan fingerprint density at radius 3 is 2.83 bits per heavy atom. The molecule has 0 unspecified atom stereocenters. The number of amides is 1. The minimum absolute atomic E-state index is 0.0135. The third kappa shape index (κ3) is 2.98. The van der Waals surface area contributed by atoms with Gasteiger partial charge in [0.25, 0.3) is 5.56 Å². The second-order valence-corrected chi connectivity index (χ2v) is 4.42. The van der Waals surface area contributed by atoms with E-state index in [1.807, 2.05) is 6.92 Å². The SMILES string of the molecule is CCn1cc(NC(=O)C2CCOCC2)ccc1=O. The Morgan fingerprint density at radius 1 is 1.44 bits per heavy atom. The molecule has 0 spiro atoms. The summed E-state index contributed by atoms with van der Waals surface area (Å²) in [5, 5.41) is 2.86. The lowest BCUT2D eigenvalue weighted by atomic mass is 9.99. The molecule has 2 rings (SSSR count). The van der Waals surface area contributed by atoms with Gasteiger partial charge in [-0.3, -0.25) is 9.59 Å². The number of nitrogens with zero attached hydrogens (tertiary/aromatic N) is 1. The van der Waals surface area contributed by atoms with E-state index >= 15 is 0 Å². The molecule has 1 aliphatic heterocycles. The fraction of sp³-hybridized carbons (Fsp3) is 0.538. The van der Waals surface area contributed by atoms with Crippen LogP contribution in [-0.4, -0.2) is 23.7 Å². The predicted molar refractivity (Wildman–Crippen MR) is 68.5 cm³/mol. The monoisotopic (exact) mass is 250 g/mol. The average molecular weight is 250 g/mol. The number of hydrogen-bond acceptors (Lipinski definition) is 3. The molecule has 1 aromatic heterocycles. The predicted octanol–water partition coefficient (Wildman–Crippen LogP) is 1.23. The smallest absolute Gasteiger partial charge is 0.250 e. The maximum atomic E-state index is 12.0. The largest absolute Gasteiger partial charge is 0.381 e. The molecule has 0 radical (unpaired) electrons. The maximum absolute atomic E-state index is 12.0. The zero-order chi connectivity index (χ0) is 13.0. The second kappa shape index (κ2) is 5.82. The Bertz CT molecular complexity index is 475. The minimum Gasteiger partial charge on any atom is -0.381 e. The van der Waals surface area contributed by atoms with Crippen LogP contribution in [0.1, 0.15) is 19.8 Å². The van der Waals surface area contributed by atoms with Gasteiger partial charge in [-0.1, -0.05) is 0 Å². The molecule has 1 N–H and O–H groups in total. The molecular formula is C13H18N2O3. The van der Waals surface area contributed by atoms with Crippen molar-refractivity contribution in [3.8, 4) is 0 Å². The van der Waals surface area contributed by atoms with E-state index in [0.717, 1.165) is 12.8 Å². The molecule has 0 aliphatic carbocycles. The number of carbonyl (C=O) groups is 1. The Labute approximate surface area is 106 Å². The van der Waals surface area contributed by atoms with E-state index in [2.05, 4.69) is 5.32 Å². The third-order valence-electron chi connectivity index (χ3n) is 3.18. The van der Waals surface area contributed by atoms with E-state index in [9.17, 15) is 9.59 Å². The fourth-order valence-corrected chi connectivity index (χ4v) is 2.06. The molecule has 0 saturated carbocycles. The van der Waals surface area contributed by atoms with Crippen LogP contribution in [0.5, 0.6) is 0 Å². The number of pyridine rings is 1. The van der Waals surface area contributed by atoms with E-state index in [1.165, 1.54) is 6.07 Å². The van der Waals surface area contributed by atoms with Crippen LogP contribution in [-0.2, 0) is 16.1 Å². The number of hydrogen-bond donors (Lipinski definition) is 1. The molecule has 1 aromatic rings. The zero-order valence-corrected chi connectivity index (χ0v) is 10.5. The summed E-state index contributed by atoms with van der Waals surface area (Å²) in [7, 11) is 0. The van der Waals surface area contributed by atoms with Gasteiger partial charge in [0.15, 0.2) is 0 Å².